The number of nitrogens with zero attached hydrogens (tertiary/aromatic N) is 1. The van der Waals surface area contributed by atoms with Crippen LogP contribution in [0.2, 0.25) is 0 Å². The van der Waals surface area contributed by atoms with Crippen LogP contribution in [-0.2, 0) is 4.74 Å². The lowest BCUT2D eigenvalue weighted by atomic mass is 10.1. The van der Waals surface area contributed by atoms with Crippen molar-refractivity contribution in [2.75, 3.05) is 38.6 Å². The summed E-state index contributed by atoms with van der Waals surface area (Å²) < 4.78 is 11.6. The molecule has 0 radical (unpaired) electrons. The predicted octanol–water partition coefficient (Wildman–Crippen LogP) is 2.54. The molecule has 2 rings (SSSR count). The minimum atomic E-state index is 0.399. The quantitative estimate of drug-likeness (QED) is 0.779. The lowest BCUT2D eigenvalue weighted by molar-refractivity contribution is -0.00268. The van der Waals surface area contributed by atoms with Crippen LogP contribution in [0.25, 0.3) is 0 Å². The molecule has 1 saturated heterocycles. The van der Waals surface area contributed by atoms with Crippen LogP contribution in [-0.4, -0.2) is 43.9 Å². The fourth-order valence-electron chi connectivity index (χ4n) is 2.53. The number of hydrogen-bond acceptors (Lipinski definition) is 4. The third-order valence-electron chi connectivity index (χ3n) is 3.55. The molecular formula is C16H26N2O2. The monoisotopic (exact) mass is 278 g/mol. The Morgan fingerprint density at radius 3 is 3.05 bits per heavy atom. The van der Waals surface area contributed by atoms with E-state index >= 15 is 0 Å². The molecule has 112 valence electrons. The van der Waals surface area contributed by atoms with Crippen molar-refractivity contribution < 1.29 is 9.47 Å². The van der Waals surface area contributed by atoms with Crippen LogP contribution in [0, 0.1) is 0 Å². The highest BCUT2D eigenvalue weighted by Gasteiger charge is 2.19. The van der Waals surface area contributed by atoms with Gasteiger partial charge in [0.2, 0.25) is 0 Å². The van der Waals surface area contributed by atoms with Gasteiger partial charge in [0.15, 0.2) is 0 Å². The van der Waals surface area contributed by atoms with E-state index in [9.17, 15) is 0 Å². The molecule has 1 aromatic rings. The highest BCUT2D eigenvalue weighted by atomic mass is 16.5. The molecule has 0 saturated carbocycles. The number of likely N-dealkylation sites (tertiary alicyclic amines) is 1. The van der Waals surface area contributed by atoms with Gasteiger partial charge in [0.1, 0.15) is 12.4 Å². The van der Waals surface area contributed by atoms with Crippen LogP contribution in [0.1, 0.15) is 26.2 Å². The van der Waals surface area contributed by atoms with Gasteiger partial charge in [-0.15, -0.1) is 0 Å². The van der Waals surface area contributed by atoms with Crippen LogP contribution >= 0.6 is 0 Å². The fraction of sp³-hybridized carbons (Fsp3) is 0.625. The summed E-state index contributed by atoms with van der Waals surface area (Å²) in [5.74, 6) is 0.848. The number of nitrogens with two attached hydrogens (primary N) is 1. The highest BCUT2D eigenvalue weighted by Crippen LogP contribution is 2.16. The van der Waals surface area contributed by atoms with E-state index < -0.39 is 0 Å². The standard InChI is InChI=1S/C16H26N2O2/c1-2-10-19-16-7-4-8-18(13-16)9-11-20-15-6-3-5-14(17)12-15/h3,5-6,12,16H,2,4,7-11,13,17H2,1H3. The van der Waals surface area contributed by atoms with Gasteiger partial charge >= 0.3 is 0 Å². The SMILES string of the molecule is CCCOC1CCCN(CCOc2cccc(N)c2)C1. The molecule has 4 heteroatoms. The van der Waals surface area contributed by atoms with Gasteiger partial charge in [-0.2, -0.15) is 0 Å². The van der Waals surface area contributed by atoms with E-state index in [1.54, 1.807) is 0 Å². The van der Waals surface area contributed by atoms with Crippen molar-refractivity contribution in [3.05, 3.63) is 24.3 Å². The average molecular weight is 278 g/mol. The van der Waals surface area contributed by atoms with E-state index in [1.165, 1.54) is 12.8 Å². The smallest absolute Gasteiger partial charge is 0.121 e. The molecule has 20 heavy (non-hydrogen) atoms. The molecule has 1 aliphatic heterocycles. The summed E-state index contributed by atoms with van der Waals surface area (Å²) in [6.07, 6.45) is 3.89. The zero-order valence-electron chi connectivity index (χ0n) is 12.4. The molecule has 1 unspecified atom stereocenters. The number of rotatable bonds is 7. The number of hydrogen-bond donors (Lipinski definition) is 1. The largest absolute Gasteiger partial charge is 0.492 e. The molecule has 0 aliphatic carbocycles. The molecule has 1 fully saturated rings. The van der Waals surface area contributed by atoms with Gasteiger partial charge < -0.3 is 15.2 Å². The molecule has 0 amide bonds. The Bertz CT molecular complexity index is 398. The minimum Gasteiger partial charge on any atom is -0.492 e. The maximum Gasteiger partial charge on any atom is 0.121 e. The normalized spacial score (nSPS) is 19.9. The summed E-state index contributed by atoms with van der Waals surface area (Å²) in [6, 6.07) is 7.59. The zero-order valence-corrected chi connectivity index (χ0v) is 12.4. The lowest BCUT2D eigenvalue weighted by Gasteiger charge is -2.32. The number of benzene rings is 1. The third kappa shape index (κ3) is 5.02. The molecule has 1 atom stereocenters. The van der Waals surface area contributed by atoms with Crippen LogP contribution in [0.4, 0.5) is 5.69 Å². The predicted molar refractivity (Wildman–Crippen MR) is 82.1 cm³/mol. The van der Waals surface area contributed by atoms with Crippen molar-refractivity contribution >= 4 is 5.69 Å². The van der Waals surface area contributed by atoms with Crippen LogP contribution in [0.15, 0.2) is 24.3 Å². The summed E-state index contributed by atoms with van der Waals surface area (Å²) in [6.45, 7) is 6.84. The number of nitrogen functional groups attached to an aromatic ring is 1. The number of ether oxygens (including phenoxy) is 2. The molecular weight excluding hydrogens is 252 g/mol. The van der Waals surface area contributed by atoms with E-state index in [1.807, 2.05) is 24.3 Å². The van der Waals surface area contributed by atoms with Crippen molar-refractivity contribution in [1.82, 2.24) is 4.90 Å². The Labute approximate surface area is 121 Å². The van der Waals surface area contributed by atoms with E-state index in [0.717, 1.165) is 44.1 Å². The fourth-order valence-corrected chi connectivity index (χ4v) is 2.53. The summed E-state index contributed by atoms with van der Waals surface area (Å²) in [4.78, 5) is 2.43. The van der Waals surface area contributed by atoms with Gasteiger partial charge in [0.25, 0.3) is 0 Å². The van der Waals surface area contributed by atoms with Gasteiger partial charge in [-0.05, 0) is 37.9 Å². The molecule has 0 spiro atoms. The van der Waals surface area contributed by atoms with Crippen LogP contribution in [0.3, 0.4) is 0 Å². The Kier molecular flexibility index (Phi) is 6.15. The third-order valence-corrected chi connectivity index (χ3v) is 3.55. The summed E-state index contributed by atoms with van der Waals surface area (Å²) in [5, 5.41) is 0. The Morgan fingerprint density at radius 1 is 1.35 bits per heavy atom. The second kappa shape index (κ2) is 8.12. The summed E-state index contributed by atoms with van der Waals surface area (Å²) in [5.41, 5.74) is 6.47. The van der Waals surface area contributed by atoms with Crippen LogP contribution < -0.4 is 10.5 Å². The Hall–Kier alpha value is -1.26. The first kappa shape index (κ1) is 15.1. The van der Waals surface area contributed by atoms with Gasteiger partial charge in [-0.3, -0.25) is 4.90 Å². The zero-order chi connectivity index (χ0) is 14.2. The molecule has 1 heterocycles. The maximum absolute atomic E-state index is 5.84. The molecule has 1 aromatic carbocycles. The first-order valence-electron chi connectivity index (χ1n) is 7.60. The highest BCUT2D eigenvalue weighted by molar-refractivity contribution is 5.43. The van der Waals surface area contributed by atoms with Gasteiger partial charge in [-0.25, -0.2) is 0 Å². The van der Waals surface area contributed by atoms with Crippen molar-refractivity contribution in [3.63, 3.8) is 0 Å². The van der Waals surface area contributed by atoms with E-state index in [2.05, 4.69) is 11.8 Å². The first-order chi connectivity index (χ1) is 9.78. The van der Waals surface area contributed by atoms with Crippen LogP contribution in [0.5, 0.6) is 5.75 Å². The van der Waals surface area contributed by atoms with Crippen molar-refractivity contribution in [2.24, 2.45) is 0 Å². The minimum absolute atomic E-state index is 0.399. The number of piperidine rings is 1. The van der Waals surface area contributed by atoms with E-state index in [4.69, 9.17) is 15.2 Å². The van der Waals surface area contributed by atoms with Gasteiger partial charge in [0.05, 0.1) is 6.10 Å². The second-order valence-electron chi connectivity index (χ2n) is 5.36. The van der Waals surface area contributed by atoms with Gasteiger partial charge in [-0.1, -0.05) is 13.0 Å². The molecule has 0 bridgehead atoms. The topological polar surface area (TPSA) is 47.7 Å². The lowest BCUT2D eigenvalue weighted by Crippen LogP contribution is -2.41. The molecule has 0 aromatic heterocycles. The Morgan fingerprint density at radius 2 is 2.25 bits per heavy atom. The van der Waals surface area contributed by atoms with E-state index in [-0.39, 0.29) is 0 Å². The van der Waals surface area contributed by atoms with Crippen molar-refractivity contribution in [3.8, 4) is 5.75 Å². The summed E-state index contributed by atoms with van der Waals surface area (Å²) in [7, 11) is 0. The number of anilines is 1. The maximum atomic E-state index is 5.84. The average Bonchev–Trinajstić information content (AvgIpc) is 2.46. The Balaban J connectivity index is 1.68. The van der Waals surface area contributed by atoms with E-state index in [0.29, 0.717) is 12.7 Å². The molecule has 1 aliphatic rings. The summed E-state index contributed by atoms with van der Waals surface area (Å²) >= 11 is 0. The molecule has 2 N–H and O–H groups in total. The van der Waals surface area contributed by atoms with Crippen molar-refractivity contribution in [2.45, 2.75) is 32.3 Å². The molecule has 4 nitrogen and oxygen atoms in total. The second-order valence-corrected chi connectivity index (χ2v) is 5.36. The van der Waals surface area contributed by atoms with Gasteiger partial charge in [0, 0.05) is 31.5 Å². The first-order valence-corrected chi connectivity index (χ1v) is 7.60. The van der Waals surface area contributed by atoms with Crippen molar-refractivity contribution in [1.29, 1.82) is 0 Å².